The molecule has 0 aliphatic heterocycles. The number of nitrogens with two attached hydrogens (primary N) is 1. The van der Waals surface area contributed by atoms with Gasteiger partial charge in [0, 0.05) is 12.0 Å². The number of benzene rings is 1. The number of hydrogen-bond donors (Lipinski definition) is 4. The van der Waals surface area contributed by atoms with Gasteiger partial charge in [-0.25, -0.2) is 0 Å². The first-order valence-corrected chi connectivity index (χ1v) is 7.62. The standard InChI is InChI=1S/C17H22N4O4/c1-11(2)17(25)20-9-14(22)19-10-15(23)21-13(16(18)24)8-12-6-4-3-5-7-12/h3-7,13H,1,8-10H2,2H3,(H2,18,24)(H,19,22)(H,20,25)(H,21,23). The van der Waals surface area contributed by atoms with Crippen LogP contribution in [0, 0.1) is 0 Å². The fourth-order valence-corrected chi connectivity index (χ4v) is 1.87. The highest BCUT2D eigenvalue weighted by Crippen LogP contribution is 2.02. The molecule has 1 aromatic rings. The lowest BCUT2D eigenvalue weighted by Crippen LogP contribution is -2.49. The van der Waals surface area contributed by atoms with E-state index >= 15 is 0 Å². The number of hydrogen-bond acceptors (Lipinski definition) is 4. The van der Waals surface area contributed by atoms with Crippen molar-refractivity contribution < 1.29 is 19.2 Å². The van der Waals surface area contributed by atoms with Crippen LogP contribution in [-0.4, -0.2) is 42.8 Å². The molecule has 0 saturated heterocycles. The highest BCUT2D eigenvalue weighted by molar-refractivity contribution is 5.95. The van der Waals surface area contributed by atoms with Crippen LogP contribution >= 0.6 is 0 Å². The predicted molar refractivity (Wildman–Crippen MR) is 92.1 cm³/mol. The average molecular weight is 346 g/mol. The summed E-state index contributed by atoms with van der Waals surface area (Å²) in [7, 11) is 0. The number of amides is 4. The number of rotatable bonds is 9. The van der Waals surface area contributed by atoms with Crippen molar-refractivity contribution in [3.05, 3.63) is 48.0 Å². The summed E-state index contributed by atoms with van der Waals surface area (Å²) in [6, 6.07) is 8.21. The minimum atomic E-state index is -0.880. The Labute approximate surface area is 145 Å². The summed E-state index contributed by atoms with van der Waals surface area (Å²) in [5.74, 6) is -2.21. The van der Waals surface area contributed by atoms with E-state index < -0.39 is 29.7 Å². The van der Waals surface area contributed by atoms with Crippen molar-refractivity contribution in [2.45, 2.75) is 19.4 Å². The minimum Gasteiger partial charge on any atom is -0.368 e. The Hall–Kier alpha value is -3.16. The molecule has 1 unspecified atom stereocenters. The van der Waals surface area contributed by atoms with Crippen LogP contribution in [0.5, 0.6) is 0 Å². The molecule has 0 spiro atoms. The van der Waals surface area contributed by atoms with Crippen molar-refractivity contribution in [3.63, 3.8) is 0 Å². The Kier molecular flexibility index (Phi) is 7.85. The Morgan fingerprint density at radius 2 is 1.64 bits per heavy atom. The molecule has 5 N–H and O–H groups in total. The molecule has 134 valence electrons. The van der Waals surface area contributed by atoms with Crippen LogP contribution in [-0.2, 0) is 25.6 Å². The van der Waals surface area contributed by atoms with Gasteiger partial charge in [0.2, 0.25) is 23.6 Å². The molecule has 0 radical (unpaired) electrons. The number of nitrogens with one attached hydrogen (secondary N) is 3. The smallest absolute Gasteiger partial charge is 0.246 e. The highest BCUT2D eigenvalue weighted by Gasteiger charge is 2.18. The summed E-state index contributed by atoms with van der Waals surface area (Å²) >= 11 is 0. The second kappa shape index (κ2) is 9.86. The van der Waals surface area contributed by atoms with E-state index in [0.717, 1.165) is 5.56 Å². The fraction of sp³-hybridized carbons (Fsp3) is 0.294. The third-order valence-corrected chi connectivity index (χ3v) is 3.20. The quantitative estimate of drug-likeness (QED) is 0.428. The molecule has 0 saturated carbocycles. The average Bonchev–Trinajstić information content (AvgIpc) is 2.57. The molecule has 1 aromatic carbocycles. The third kappa shape index (κ3) is 7.78. The molecule has 8 heteroatoms. The Bertz CT molecular complexity index is 658. The van der Waals surface area contributed by atoms with E-state index in [1.165, 1.54) is 6.92 Å². The molecule has 8 nitrogen and oxygen atoms in total. The molecule has 0 fully saturated rings. The molecule has 0 bridgehead atoms. The van der Waals surface area contributed by atoms with Gasteiger partial charge in [-0.2, -0.15) is 0 Å². The summed E-state index contributed by atoms with van der Waals surface area (Å²) in [4.78, 5) is 46.2. The van der Waals surface area contributed by atoms with Gasteiger partial charge in [0.15, 0.2) is 0 Å². The summed E-state index contributed by atoms with van der Waals surface area (Å²) < 4.78 is 0. The first kappa shape index (κ1) is 19.9. The number of carbonyl (C=O) groups excluding carboxylic acids is 4. The van der Waals surface area contributed by atoms with Gasteiger partial charge in [0.1, 0.15) is 6.04 Å². The van der Waals surface area contributed by atoms with Crippen LogP contribution in [0.3, 0.4) is 0 Å². The summed E-state index contributed by atoms with van der Waals surface area (Å²) in [6.07, 6.45) is 0.254. The summed E-state index contributed by atoms with van der Waals surface area (Å²) in [6.45, 7) is 4.34. The maximum atomic E-state index is 11.9. The largest absolute Gasteiger partial charge is 0.368 e. The van der Waals surface area contributed by atoms with Crippen LogP contribution in [0.1, 0.15) is 12.5 Å². The topological polar surface area (TPSA) is 130 Å². The molecular weight excluding hydrogens is 324 g/mol. The van der Waals surface area contributed by atoms with Gasteiger partial charge >= 0.3 is 0 Å². The molecule has 0 heterocycles. The van der Waals surface area contributed by atoms with Crippen molar-refractivity contribution in [3.8, 4) is 0 Å². The second-order valence-corrected chi connectivity index (χ2v) is 5.45. The van der Waals surface area contributed by atoms with Crippen molar-refractivity contribution in [2.24, 2.45) is 5.73 Å². The zero-order valence-electron chi connectivity index (χ0n) is 14.0. The van der Waals surface area contributed by atoms with Crippen molar-refractivity contribution >= 4 is 23.6 Å². The Morgan fingerprint density at radius 1 is 1.04 bits per heavy atom. The van der Waals surface area contributed by atoms with Crippen molar-refractivity contribution in [1.29, 1.82) is 0 Å². The molecule has 1 rings (SSSR count). The molecule has 0 aliphatic rings. The normalized spacial score (nSPS) is 11.1. The van der Waals surface area contributed by atoms with Gasteiger partial charge in [-0.05, 0) is 12.5 Å². The first-order valence-electron chi connectivity index (χ1n) is 7.62. The van der Waals surface area contributed by atoms with Gasteiger partial charge in [0.05, 0.1) is 13.1 Å². The zero-order valence-corrected chi connectivity index (χ0v) is 14.0. The van der Waals surface area contributed by atoms with Crippen LogP contribution in [0.25, 0.3) is 0 Å². The monoisotopic (exact) mass is 346 g/mol. The Balaban J connectivity index is 2.42. The van der Waals surface area contributed by atoms with Gasteiger partial charge in [-0.15, -0.1) is 0 Å². The van der Waals surface area contributed by atoms with Crippen LogP contribution in [0.4, 0.5) is 0 Å². The molecule has 0 aliphatic carbocycles. The maximum Gasteiger partial charge on any atom is 0.246 e. The van der Waals surface area contributed by atoms with E-state index in [4.69, 9.17) is 5.73 Å². The van der Waals surface area contributed by atoms with Crippen LogP contribution < -0.4 is 21.7 Å². The van der Waals surface area contributed by atoms with E-state index in [9.17, 15) is 19.2 Å². The predicted octanol–water partition coefficient (Wildman–Crippen LogP) is -0.992. The van der Waals surface area contributed by atoms with E-state index in [0.29, 0.717) is 0 Å². The van der Waals surface area contributed by atoms with E-state index in [1.54, 1.807) is 0 Å². The van der Waals surface area contributed by atoms with Crippen molar-refractivity contribution in [1.82, 2.24) is 16.0 Å². The zero-order chi connectivity index (χ0) is 18.8. The lowest BCUT2D eigenvalue weighted by Gasteiger charge is -2.16. The summed E-state index contributed by atoms with van der Waals surface area (Å²) in [5, 5.41) is 7.15. The SMILES string of the molecule is C=C(C)C(=O)NCC(=O)NCC(=O)NC(Cc1ccccc1)C(N)=O. The second-order valence-electron chi connectivity index (χ2n) is 5.45. The number of primary amides is 1. The molecular formula is C17H22N4O4. The lowest BCUT2D eigenvalue weighted by atomic mass is 10.1. The maximum absolute atomic E-state index is 11.9. The summed E-state index contributed by atoms with van der Waals surface area (Å²) in [5.41, 5.74) is 6.42. The van der Waals surface area contributed by atoms with Crippen LogP contribution in [0.2, 0.25) is 0 Å². The molecule has 4 amide bonds. The van der Waals surface area contributed by atoms with Crippen molar-refractivity contribution in [2.75, 3.05) is 13.1 Å². The third-order valence-electron chi connectivity index (χ3n) is 3.20. The lowest BCUT2D eigenvalue weighted by molar-refractivity contribution is -0.129. The first-order chi connectivity index (χ1) is 11.8. The molecule has 1 atom stereocenters. The highest BCUT2D eigenvalue weighted by atomic mass is 16.2. The molecule has 25 heavy (non-hydrogen) atoms. The molecule has 0 aromatic heterocycles. The fourth-order valence-electron chi connectivity index (χ4n) is 1.87. The van der Waals surface area contributed by atoms with Gasteiger partial charge in [-0.3, -0.25) is 19.2 Å². The number of carbonyl (C=O) groups is 4. The van der Waals surface area contributed by atoms with Gasteiger partial charge in [0.25, 0.3) is 0 Å². The minimum absolute atomic E-state index is 0.254. The van der Waals surface area contributed by atoms with E-state index in [2.05, 4.69) is 22.5 Å². The van der Waals surface area contributed by atoms with E-state index in [1.807, 2.05) is 30.3 Å². The Morgan fingerprint density at radius 3 is 2.20 bits per heavy atom. The van der Waals surface area contributed by atoms with Gasteiger partial charge in [-0.1, -0.05) is 36.9 Å². The van der Waals surface area contributed by atoms with Gasteiger partial charge < -0.3 is 21.7 Å². The van der Waals surface area contributed by atoms with E-state index in [-0.39, 0.29) is 25.1 Å². The van der Waals surface area contributed by atoms with Crippen LogP contribution in [0.15, 0.2) is 42.5 Å².